The summed E-state index contributed by atoms with van der Waals surface area (Å²) in [6.45, 7) is 3.13. The molecule has 34 heavy (non-hydrogen) atoms. The van der Waals surface area contributed by atoms with Gasteiger partial charge in [-0.2, -0.15) is 0 Å². The van der Waals surface area contributed by atoms with Gasteiger partial charge in [-0.25, -0.2) is 4.39 Å². The van der Waals surface area contributed by atoms with Crippen molar-refractivity contribution < 1.29 is 18.7 Å². The number of carbonyl (C=O) groups is 2. The van der Waals surface area contributed by atoms with Crippen molar-refractivity contribution in [3.63, 3.8) is 0 Å². The highest BCUT2D eigenvalue weighted by Crippen LogP contribution is 2.31. The van der Waals surface area contributed by atoms with Gasteiger partial charge in [0.05, 0.1) is 12.6 Å². The molecule has 0 radical (unpaired) electrons. The molecule has 1 unspecified atom stereocenters. The van der Waals surface area contributed by atoms with Crippen molar-refractivity contribution in [3.05, 3.63) is 71.5 Å². The fourth-order valence-electron chi connectivity index (χ4n) is 5.05. The summed E-state index contributed by atoms with van der Waals surface area (Å²) in [7, 11) is 0. The van der Waals surface area contributed by atoms with Crippen molar-refractivity contribution in [2.75, 3.05) is 32.8 Å². The number of benzene rings is 2. The van der Waals surface area contributed by atoms with Crippen LogP contribution in [0.5, 0.6) is 0 Å². The maximum atomic E-state index is 14.0. The molecule has 1 heterocycles. The number of rotatable bonds is 9. The van der Waals surface area contributed by atoms with Crippen molar-refractivity contribution >= 4 is 11.8 Å². The standard InChI is InChI=1S/C27H34FN3O3/c28-24-13-7-6-12-23(24)18-29-27(33)26(22-10-4-5-11-22)31-16-14-30(15-17-31)25(32)20-34-19-21-8-2-1-3-9-21/h1-3,6-9,12-13,22,26H,4-5,10-11,14-20H2,(H,29,33). The summed E-state index contributed by atoms with van der Waals surface area (Å²) in [6, 6.07) is 16.1. The molecule has 182 valence electrons. The van der Waals surface area contributed by atoms with Gasteiger partial charge < -0.3 is 15.0 Å². The van der Waals surface area contributed by atoms with E-state index in [1.165, 1.54) is 6.07 Å². The van der Waals surface area contributed by atoms with E-state index in [1.54, 1.807) is 18.2 Å². The number of nitrogens with zero attached hydrogens (tertiary/aromatic N) is 2. The number of amides is 2. The van der Waals surface area contributed by atoms with E-state index >= 15 is 0 Å². The first-order valence-corrected chi connectivity index (χ1v) is 12.3. The summed E-state index contributed by atoms with van der Waals surface area (Å²) in [5.74, 6) is -0.0583. The molecule has 7 heteroatoms. The topological polar surface area (TPSA) is 61.9 Å². The molecule has 4 rings (SSSR count). The number of hydrogen-bond donors (Lipinski definition) is 1. The molecule has 2 amide bonds. The Hall–Kier alpha value is -2.77. The van der Waals surface area contributed by atoms with Crippen molar-refractivity contribution in [2.45, 2.75) is 44.9 Å². The van der Waals surface area contributed by atoms with Crippen LogP contribution >= 0.6 is 0 Å². The van der Waals surface area contributed by atoms with Gasteiger partial charge in [0.15, 0.2) is 0 Å². The average Bonchev–Trinajstić information content (AvgIpc) is 3.39. The average molecular weight is 468 g/mol. The van der Waals surface area contributed by atoms with Gasteiger partial charge in [0, 0.05) is 38.3 Å². The lowest BCUT2D eigenvalue weighted by atomic mass is 9.95. The lowest BCUT2D eigenvalue weighted by Crippen LogP contribution is -2.58. The Bertz CT molecular complexity index is 941. The highest BCUT2D eigenvalue weighted by molar-refractivity contribution is 5.82. The molecule has 2 aromatic carbocycles. The van der Waals surface area contributed by atoms with Gasteiger partial charge in [-0.1, -0.05) is 61.4 Å². The third-order valence-corrected chi connectivity index (χ3v) is 6.92. The van der Waals surface area contributed by atoms with Crippen LogP contribution in [-0.2, 0) is 27.5 Å². The minimum Gasteiger partial charge on any atom is -0.367 e. The molecule has 2 aromatic rings. The molecular weight excluding hydrogens is 433 g/mol. The smallest absolute Gasteiger partial charge is 0.248 e. The predicted molar refractivity (Wildman–Crippen MR) is 128 cm³/mol. The molecule has 2 fully saturated rings. The highest BCUT2D eigenvalue weighted by atomic mass is 19.1. The van der Waals surface area contributed by atoms with E-state index in [1.807, 2.05) is 35.2 Å². The molecule has 0 bridgehead atoms. The van der Waals surface area contributed by atoms with E-state index in [2.05, 4.69) is 10.2 Å². The first-order valence-electron chi connectivity index (χ1n) is 12.3. The van der Waals surface area contributed by atoms with Crippen LogP contribution in [0.1, 0.15) is 36.8 Å². The quantitative estimate of drug-likeness (QED) is 0.614. The first kappa shape index (κ1) is 24.4. The second-order valence-corrected chi connectivity index (χ2v) is 9.19. The summed E-state index contributed by atoms with van der Waals surface area (Å²) < 4.78 is 19.6. The number of ether oxygens (including phenoxy) is 1. The Balaban J connectivity index is 1.28. The zero-order chi connectivity index (χ0) is 23.8. The molecule has 6 nitrogen and oxygen atoms in total. The molecular formula is C27H34FN3O3. The second-order valence-electron chi connectivity index (χ2n) is 9.19. The van der Waals surface area contributed by atoms with Crippen molar-refractivity contribution in [2.24, 2.45) is 5.92 Å². The zero-order valence-electron chi connectivity index (χ0n) is 19.6. The van der Waals surface area contributed by atoms with Gasteiger partial charge in [0.2, 0.25) is 11.8 Å². The molecule has 0 aromatic heterocycles. The van der Waals surface area contributed by atoms with Crippen LogP contribution in [0.25, 0.3) is 0 Å². The second kappa shape index (κ2) is 12.1. The van der Waals surface area contributed by atoms with Crippen LogP contribution in [-0.4, -0.2) is 60.4 Å². The number of nitrogens with one attached hydrogen (secondary N) is 1. The Labute approximate surface area is 201 Å². The van der Waals surface area contributed by atoms with Gasteiger partial charge in [0.1, 0.15) is 12.4 Å². The minimum atomic E-state index is -0.304. The van der Waals surface area contributed by atoms with Crippen LogP contribution in [0.15, 0.2) is 54.6 Å². The Morgan fingerprint density at radius 1 is 0.971 bits per heavy atom. The molecule has 1 aliphatic carbocycles. The predicted octanol–water partition coefficient (Wildman–Crippen LogP) is 3.36. The Kier molecular flexibility index (Phi) is 8.66. The number of halogens is 1. The molecule has 1 N–H and O–H groups in total. The third kappa shape index (κ3) is 6.42. The number of carbonyl (C=O) groups excluding carboxylic acids is 2. The Morgan fingerprint density at radius 2 is 1.65 bits per heavy atom. The van der Waals surface area contributed by atoms with Gasteiger partial charge in [-0.05, 0) is 30.4 Å². The highest BCUT2D eigenvalue weighted by Gasteiger charge is 2.37. The summed E-state index contributed by atoms with van der Waals surface area (Å²) >= 11 is 0. The normalized spacial score (nSPS) is 18.1. The van der Waals surface area contributed by atoms with E-state index in [-0.39, 0.29) is 36.8 Å². The summed E-state index contributed by atoms with van der Waals surface area (Å²) in [4.78, 5) is 29.9. The van der Waals surface area contributed by atoms with E-state index in [9.17, 15) is 14.0 Å². The van der Waals surface area contributed by atoms with Gasteiger partial charge in [-0.3, -0.25) is 14.5 Å². The SMILES string of the molecule is O=C(NCc1ccccc1F)C(C1CCCC1)N1CCN(C(=O)COCc2ccccc2)CC1. The first-order chi connectivity index (χ1) is 16.6. The lowest BCUT2D eigenvalue weighted by molar-refractivity contribution is -0.139. The van der Waals surface area contributed by atoms with E-state index in [0.29, 0.717) is 44.3 Å². The van der Waals surface area contributed by atoms with Crippen molar-refractivity contribution in [1.29, 1.82) is 0 Å². The van der Waals surface area contributed by atoms with Gasteiger partial charge >= 0.3 is 0 Å². The van der Waals surface area contributed by atoms with Crippen molar-refractivity contribution in [1.82, 2.24) is 15.1 Å². The third-order valence-electron chi connectivity index (χ3n) is 6.92. The van der Waals surface area contributed by atoms with Crippen LogP contribution in [0, 0.1) is 11.7 Å². The lowest BCUT2D eigenvalue weighted by Gasteiger charge is -2.40. The zero-order valence-corrected chi connectivity index (χ0v) is 19.6. The molecule has 1 saturated heterocycles. The van der Waals surface area contributed by atoms with E-state index in [4.69, 9.17) is 4.74 Å². The van der Waals surface area contributed by atoms with Crippen LogP contribution < -0.4 is 5.32 Å². The fraction of sp³-hybridized carbons (Fsp3) is 0.481. The summed E-state index contributed by atoms with van der Waals surface area (Å²) in [5, 5.41) is 2.97. The molecule has 2 aliphatic rings. The van der Waals surface area contributed by atoms with E-state index < -0.39 is 0 Å². The van der Waals surface area contributed by atoms with Gasteiger partial charge in [-0.15, -0.1) is 0 Å². The van der Waals surface area contributed by atoms with Crippen molar-refractivity contribution in [3.8, 4) is 0 Å². The van der Waals surface area contributed by atoms with Crippen LogP contribution in [0.2, 0.25) is 0 Å². The van der Waals surface area contributed by atoms with E-state index in [0.717, 1.165) is 31.2 Å². The Morgan fingerprint density at radius 3 is 2.35 bits per heavy atom. The maximum absolute atomic E-state index is 14.0. The molecule has 1 saturated carbocycles. The summed E-state index contributed by atoms with van der Waals surface area (Å²) in [6.07, 6.45) is 4.34. The number of hydrogen-bond acceptors (Lipinski definition) is 4. The number of piperazine rings is 1. The minimum absolute atomic E-state index is 0.0167. The van der Waals surface area contributed by atoms with Crippen LogP contribution in [0.4, 0.5) is 4.39 Å². The van der Waals surface area contributed by atoms with Crippen LogP contribution in [0.3, 0.4) is 0 Å². The molecule has 1 atom stereocenters. The molecule has 0 spiro atoms. The fourth-order valence-corrected chi connectivity index (χ4v) is 5.05. The molecule has 1 aliphatic heterocycles. The largest absolute Gasteiger partial charge is 0.367 e. The maximum Gasteiger partial charge on any atom is 0.248 e. The monoisotopic (exact) mass is 467 g/mol. The van der Waals surface area contributed by atoms with Gasteiger partial charge in [0.25, 0.3) is 0 Å². The summed E-state index contributed by atoms with van der Waals surface area (Å²) in [5.41, 5.74) is 1.54.